The molecule has 0 saturated carbocycles. The molecule has 2 aromatic rings. The van der Waals surface area contributed by atoms with Gasteiger partial charge in [0.1, 0.15) is 6.54 Å². The first kappa shape index (κ1) is 40.0. The second-order valence-corrected chi connectivity index (χ2v) is 12.1. The lowest BCUT2D eigenvalue weighted by atomic mass is 10.2. The van der Waals surface area contributed by atoms with Gasteiger partial charge >= 0.3 is 26.0 Å². The van der Waals surface area contributed by atoms with Crippen molar-refractivity contribution in [1.29, 1.82) is 0 Å². The van der Waals surface area contributed by atoms with Gasteiger partial charge in [-0.15, -0.1) is 4.76 Å². The van der Waals surface area contributed by atoms with Crippen LogP contribution < -0.4 is 5.73 Å². The largest absolute Gasteiger partial charge is 0.508 e. The monoisotopic (exact) mass is 693 g/mol. The SMILES string of the molecule is CCCOC(=O)CN(C)C(N)=NP(=O)(OCCCCOC(=O)OCCc1ccccc1)OCCCCOC(=O)OCCc1ccccc1. The molecule has 2 N–H and O–H groups in total. The first-order chi connectivity index (χ1) is 23.2. The van der Waals surface area contributed by atoms with Crippen molar-refractivity contribution < 1.29 is 51.7 Å². The molecule has 0 radical (unpaired) electrons. The van der Waals surface area contributed by atoms with Crippen LogP contribution in [0.5, 0.6) is 0 Å². The fourth-order valence-electron chi connectivity index (χ4n) is 3.79. The average molecular weight is 694 g/mol. The second kappa shape index (κ2) is 24.1. The third kappa shape index (κ3) is 18.9. The molecule has 2 rings (SSSR count). The molecule has 0 fully saturated rings. The minimum absolute atomic E-state index is 0.0410. The lowest BCUT2D eigenvalue weighted by Crippen LogP contribution is -2.38. The third-order valence-corrected chi connectivity index (χ3v) is 7.85. The average Bonchev–Trinajstić information content (AvgIpc) is 3.08. The van der Waals surface area contributed by atoms with Crippen LogP contribution >= 0.6 is 7.75 Å². The normalized spacial score (nSPS) is 11.4. The van der Waals surface area contributed by atoms with Gasteiger partial charge in [-0.25, -0.2) is 14.2 Å². The van der Waals surface area contributed by atoms with Crippen molar-refractivity contribution in [3.63, 3.8) is 0 Å². The number of esters is 1. The quantitative estimate of drug-likeness (QED) is 0.0376. The van der Waals surface area contributed by atoms with Crippen LogP contribution in [0.3, 0.4) is 0 Å². The van der Waals surface area contributed by atoms with E-state index in [9.17, 15) is 18.9 Å². The van der Waals surface area contributed by atoms with E-state index in [1.54, 1.807) is 0 Å². The van der Waals surface area contributed by atoms with Crippen LogP contribution in [-0.2, 0) is 54.9 Å². The van der Waals surface area contributed by atoms with Gasteiger partial charge in [0.05, 0.1) is 46.2 Å². The molecule has 2 aromatic carbocycles. The number of unbranched alkanes of at least 4 members (excludes halogenated alkanes) is 2. The Labute approximate surface area is 282 Å². The zero-order chi connectivity index (χ0) is 34.9. The van der Waals surface area contributed by atoms with Crippen molar-refractivity contribution in [2.75, 3.05) is 59.8 Å². The van der Waals surface area contributed by atoms with E-state index < -0.39 is 26.0 Å². The molecule has 266 valence electrons. The van der Waals surface area contributed by atoms with Crippen molar-refractivity contribution in [3.05, 3.63) is 71.8 Å². The summed E-state index contributed by atoms with van der Waals surface area (Å²) in [6.45, 7) is 2.37. The van der Waals surface area contributed by atoms with Gasteiger partial charge in [-0.2, -0.15) is 0 Å². The van der Waals surface area contributed by atoms with Gasteiger partial charge in [0, 0.05) is 19.9 Å². The van der Waals surface area contributed by atoms with Gasteiger partial charge in [-0.3, -0.25) is 13.8 Å². The number of nitrogens with zero attached hydrogens (tertiary/aromatic N) is 2. The minimum atomic E-state index is -4.11. The number of hydrogen-bond acceptors (Lipinski definition) is 11. The highest BCUT2D eigenvalue weighted by Gasteiger charge is 2.26. The molecular weight excluding hydrogens is 645 g/mol. The van der Waals surface area contributed by atoms with E-state index in [0.717, 1.165) is 11.1 Å². The maximum Gasteiger partial charge on any atom is 0.508 e. The fraction of sp³-hybridized carbons (Fsp3) is 0.515. The number of benzene rings is 2. The Morgan fingerprint density at radius 1 is 0.667 bits per heavy atom. The number of rotatable bonds is 23. The summed E-state index contributed by atoms with van der Waals surface area (Å²) < 4.78 is 53.8. The summed E-state index contributed by atoms with van der Waals surface area (Å²) in [6.07, 6.45) is 1.78. The first-order valence-electron chi connectivity index (χ1n) is 16.0. The molecule has 0 saturated heterocycles. The zero-order valence-electron chi connectivity index (χ0n) is 27.8. The van der Waals surface area contributed by atoms with Crippen LogP contribution in [0.4, 0.5) is 9.59 Å². The standard InChI is InChI=1S/C33H48N3O11P/c1-3-20-41-30(37)27-36(2)31(34)35-48(40,46-23-12-10-21-42-32(38)44-25-18-28-14-6-4-7-15-28)47-24-13-11-22-43-33(39)45-26-19-29-16-8-5-9-17-29/h4-9,14-17H,3,10-13,18-27H2,1-2H3,(H2,34,35,40). The van der Waals surface area contributed by atoms with Crippen molar-refractivity contribution in [1.82, 2.24) is 4.90 Å². The van der Waals surface area contributed by atoms with Gasteiger partial charge in [-0.05, 0) is 43.2 Å². The number of guanidine groups is 1. The summed E-state index contributed by atoms with van der Waals surface area (Å²) in [5, 5.41) is 0. The van der Waals surface area contributed by atoms with Gasteiger partial charge < -0.3 is 34.3 Å². The predicted octanol–water partition coefficient (Wildman–Crippen LogP) is 5.68. The highest BCUT2D eigenvalue weighted by molar-refractivity contribution is 7.52. The molecule has 48 heavy (non-hydrogen) atoms. The number of likely N-dealkylation sites (N-methyl/N-ethyl adjacent to an activating group) is 1. The Bertz CT molecular complexity index is 1210. The molecule has 0 aliphatic rings. The fourth-order valence-corrected chi connectivity index (χ4v) is 5.10. The number of carbonyl (C=O) groups excluding carboxylic acids is 3. The lowest BCUT2D eigenvalue weighted by Gasteiger charge is -2.20. The zero-order valence-corrected chi connectivity index (χ0v) is 28.7. The molecule has 0 amide bonds. The smallest absolute Gasteiger partial charge is 0.464 e. The summed E-state index contributed by atoms with van der Waals surface area (Å²) in [5.74, 6) is -0.763. The molecule has 0 aliphatic carbocycles. The van der Waals surface area contributed by atoms with Crippen LogP contribution in [-0.4, -0.2) is 89.0 Å². The van der Waals surface area contributed by atoms with E-state index in [1.165, 1.54) is 11.9 Å². The Hall–Kier alpha value is -4.13. The van der Waals surface area contributed by atoms with Crippen molar-refractivity contribution >= 4 is 32.0 Å². The van der Waals surface area contributed by atoms with E-state index in [0.29, 0.717) is 44.9 Å². The summed E-state index contributed by atoms with van der Waals surface area (Å²) in [5.41, 5.74) is 8.09. The molecule has 14 nitrogen and oxygen atoms in total. The van der Waals surface area contributed by atoms with Gasteiger partial charge in [0.2, 0.25) is 5.96 Å². The lowest BCUT2D eigenvalue weighted by molar-refractivity contribution is -0.143. The number of hydrogen-bond donors (Lipinski definition) is 1. The molecule has 0 aromatic heterocycles. The molecule has 0 aliphatic heterocycles. The van der Waals surface area contributed by atoms with E-state index in [4.69, 9.17) is 38.5 Å². The number of nitrogens with two attached hydrogens (primary N) is 1. The van der Waals surface area contributed by atoms with Crippen LogP contribution in [0.25, 0.3) is 0 Å². The van der Waals surface area contributed by atoms with E-state index in [1.807, 2.05) is 67.6 Å². The van der Waals surface area contributed by atoms with E-state index >= 15 is 0 Å². The third-order valence-electron chi connectivity index (χ3n) is 6.38. The predicted molar refractivity (Wildman–Crippen MR) is 178 cm³/mol. The molecule has 0 atom stereocenters. The topological polar surface area (TPSA) is 175 Å². The molecule has 0 heterocycles. The van der Waals surface area contributed by atoms with Gasteiger partial charge in [0.25, 0.3) is 0 Å². The van der Waals surface area contributed by atoms with Crippen LogP contribution in [0.1, 0.15) is 50.2 Å². The van der Waals surface area contributed by atoms with Gasteiger partial charge in [-0.1, -0.05) is 67.6 Å². The minimum Gasteiger partial charge on any atom is -0.464 e. The Kier molecular flexibility index (Phi) is 20.1. The second-order valence-electron chi connectivity index (χ2n) is 10.4. The molecular formula is C33H48N3O11P. The van der Waals surface area contributed by atoms with Crippen molar-refractivity contribution in [2.45, 2.75) is 51.9 Å². The summed E-state index contributed by atoms with van der Waals surface area (Å²) in [6, 6.07) is 19.2. The Balaban J connectivity index is 1.74. The molecule has 15 heteroatoms. The summed E-state index contributed by atoms with van der Waals surface area (Å²) in [7, 11) is -2.62. The Morgan fingerprint density at radius 3 is 1.56 bits per heavy atom. The maximum absolute atomic E-state index is 13.5. The van der Waals surface area contributed by atoms with E-state index in [2.05, 4.69) is 4.76 Å². The first-order valence-corrected chi connectivity index (χ1v) is 17.5. The molecule has 0 unspecified atom stereocenters. The number of carbonyl (C=O) groups is 3. The summed E-state index contributed by atoms with van der Waals surface area (Å²) in [4.78, 5) is 36.9. The van der Waals surface area contributed by atoms with Crippen molar-refractivity contribution in [2.24, 2.45) is 10.5 Å². The summed E-state index contributed by atoms with van der Waals surface area (Å²) >= 11 is 0. The highest BCUT2D eigenvalue weighted by atomic mass is 31.2. The van der Waals surface area contributed by atoms with Crippen LogP contribution in [0, 0.1) is 0 Å². The highest BCUT2D eigenvalue weighted by Crippen LogP contribution is 2.50. The Morgan fingerprint density at radius 2 is 1.10 bits per heavy atom. The molecule has 0 spiro atoms. The van der Waals surface area contributed by atoms with Gasteiger partial charge in [0.15, 0.2) is 0 Å². The van der Waals surface area contributed by atoms with Crippen molar-refractivity contribution in [3.8, 4) is 0 Å². The van der Waals surface area contributed by atoms with E-state index in [-0.39, 0.29) is 58.8 Å². The number of ether oxygens (including phenoxy) is 5. The molecule has 0 bridgehead atoms. The van der Waals surface area contributed by atoms with Crippen LogP contribution in [0.15, 0.2) is 65.4 Å². The van der Waals surface area contributed by atoms with Crippen LogP contribution in [0.2, 0.25) is 0 Å². The maximum atomic E-state index is 13.5.